The predicted octanol–water partition coefficient (Wildman–Crippen LogP) is 3.46. The van der Waals surface area contributed by atoms with E-state index < -0.39 is 0 Å². The first-order chi connectivity index (χ1) is 14.2. The van der Waals surface area contributed by atoms with Crippen molar-refractivity contribution in [3.63, 3.8) is 0 Å². The minimum absolute atomic E-state index is 0.0219. The molecular weight excluding hydrogens is 370 g/mol. The zero-order chi connectivity index (χ0) is 20.2. The highest BCUT2D eigenvalue weighted by molar-refractivity contribution is 5.92. The molecular formula is C22H27N3O4. The number of nitrogens with zero attached hydrogens (tertiary/aromatic N) is 3. The van der Waals surface area contributed by atoms with Gasteiger partial charge < -0.3 is 18.9 Å². The number of likely N-dealkylation sites (tertiary alicyclic amines) is 1. The van der Waals surface area contributed by atoms with Gasteiger partial charge in [-0.2, -0.15) is 4.98 Å². The molecule has 2 heterocycles. The Labute approximate surface area is 170 Å². The molecule has 0 radical (unpaired) electrons. The van der Waals surface area contributed by atoms with Crippen LogP contribution in [-0.2, 0) is 11.2 Å². The largest absolute Gasteiger partial charge is 0.493 e. The van der Waals surface area contributed by atoms with Gasteiger partial charge in [0.05, 0.1) is 14.2 Å². The lowest BCUT2D eigenvalue weighted by Gasteiger charge is -2.31. The van der Waals surface area contributed by atoms with E-state index in [9.17, 15) is 4.79 Å². The number of carbonyl (C=O) groups is 1. The topological polar surface area (TPSA) is 77.7 Å². The van der Waals surface area contributed by atoms with Crippen molar-refractivity contribution in [3.8, 4) is 11.5 Å². The minimum atomic E-state index is 0.0219. The Kier molecular flexibility index (Phi) is 5.83. The summed E-state index contributed by atoms with van der Waals surface area (Å²) in [5, 5.41) is 4.09. The number of ether oxygens (including phenoxy) is 2. The smallest absolute Gasteiger partial charge is 0.246 e. The summed E-state index contributed by atoms with van der Waals surface area (Å²) in [5.41, 5.74) is 0.892. The molecule has 0 N–H and O–H groups in total. The van der Waals surface area contributed by atoms with Crippen molar-refractivity contribution in [2.24, 2.45) is 5.92 Å². The van der Waals surface area contributed by atoms with Crippen molar-refractivity contribution in [3.05, 3.63) is 41.6 Å². The SMILES string of the molecule is COc1ccc(/C=C\C(=O)N2CCC[C@@H](Cc3nc(C4CC4)no3)C2)cc1OC. The van der Waals surface area contributed by atoms with Gasteiger partial charge in [-0.25, -0.2) is 0 Å². The second kappa shape index (κ2) is 8.68. The van der Waals surface area contributed by atoms with Gasteiger partial charge in [-0.05, 0) is 55.4 Å². The first kappa shape index (κ1) is 19.5. The van der Waals surface area contributed by atoms with Gasteiger partial charge >= 0.3 is 0 Å². The lowest BCUT2D eigenvalue weighted by atomic mass is 9.94. The first-order valence-corrected chi connectivity index (χ1v) is 10.2. The maximum absolute atomic E-state index is 12.7. The predicted molar refractivity (Wildman–Crippen MR) is 108 cm³/mol. The maximum Gasteiger partial charge on any atom is 0.246 e. The lowest BCUT2D eigenvalue weighted by Crippen LogP contribution is -2.39. The van der Waals surface area contributed by atoms with E-state index in [1.54, 1.807) is 20.3 Å². The molecule has 4 rings (SSSR count). The lowest BCUT2D eigenvalue weighted by molar-refractivity contribution is -0.127. The number of piperidine rings is 1. The summed E-state index contributed by atoms with van der Waals surface area (Å²) < 4.78 is 16.0. The third kappa shape index (κ3) is 4.78. The van der Waals surface area contributed by atoms with E-state index in [0.717, 1.165) is 56.6 Å². The molecule has 1 saturated carbocycles. The average molecular weight is 397 g/mol. The van der Waals surface area contributed by atoms with E-state index in [1.165, 1.54) is 0 Å². The third-order valence-electron chi connectivity index (χ3n) is 5.55. The molecule has 1 saturated heterocycles. The molecule has 1 aromatic carbocycles. The quantitative estimate of drug-likeness (QED) is 0.666. The number of amides is 1. The molecule has 2 fully saturated rings. The van der Waals surface area contributed by atoms with Crippen molar-refractivity contribution in [2.75, 3.05) is 27.3 Å². The van der Waals surface area contributed by atoms with Crippen molar-refractivity contribution in [1.29, 1.82) is 0 Å². The molecule has 2 aromatic rings. The number of aromatic nitrogens is 2. The molecule has 1 amide bonds. The highest BCUT2D eigenvalue weighted by Gasteiger charge is 2.30. The normalized spacial score (nSPS) is 19.5. The van der Waals surface area contributed by atoms with E-state index >= 15 is 0 Å². The Bertz CT molecular complexity index is 888. The van der Waals surface area contributed by atoms with Gasteiger partial charge in [-0.1, -0.05) is 11.2 Å². The van der Waals surface area contributed by atoms with Crippen LogP contribution in [-0.4, -0.2) is 48.3 Å². The molecule has 7 heteroatoms. The molecule has 0 unspecified atom stereocenters. The number of methoxy groups -OCH3 is 2. The summed E-state index contributed by atoms with van der Waals surface area (Å²) in [6, 6.07) is 5.59. The monoisotopic (exact) mass is 397 g/mol. The molecule has 2 aliphatic rings. The second-order valence-corrected chi connectivity index (χ2v) is 7.76. The van der Waals surface area contributed by atoms with Crippen LogP contribution in [0.5, 0.6) is 11.5 Å². The Morgan fingerprint density at radius 2 is 2.07 bits per heavy atom. The Morgan fingerprint density at radius 1 is 1.24 bits per heavy atom. The van der Waals surface area contributed by atoms with Crippen molar-refractivity contribution < 1.29 is 18.8 Å². The van der Waals surface area contributed by atoms with Crippen LogP contribution in [0.15, 0.2) is 28.8 Å². The Morgan fingerprint density at radius 3 is 2.83 bits per heavy atom. The summed E-state index contributed by atoms with van der Waals surface area (Å²) in [7, 11) is 3.20. The summed E-state index contributed by atoms with van der Waals surface area (Å²) in [4.78, 5) is 19.1. The highest BCUT2D eigenvalue weighted by Crippen LogP contribution is 2.38. The van der Waals surface area contributed by atoms with Crippen molar-refractivity contribution >= 4 is 12.0 Å². The van der Waals surface area contributed by atoms with Crippen LogP contribution >= 0.6 is 0 Å². The molecule has 154 valence electrons. The van der Waals surface area contributed by atoms with Crippen LogP contribution in [0.4, 0.5) is 0 Å². The molecule has 0 spiro atoms. The molecule has 0 bridgehead atoms. The van der Waals surface area contributed by atoms with Crippen LogP contribution in [0.1, 0.15) is 48.9 Å². The van der Waals surface area contributed by atoms with Crippen LogP contribution in [0.2, 0.25) is 0 Å². The van der Waals surface area contributed by atoms with Crippen molar-refractivity contribution in [1.82, 2.24) is 15.0 Å². The molecule has 7 nitrogen and oxygen atoms in total. The van der Waals surface area contributed by atoms with Gasteiger partial charge in [0.1, 0.15) is 0 Å². The Balaban J connectivity index is 1.34. The van der Waals surface area contributed by atoms with Gasteiger partial charge in [-0.15, -0.1) is 0 Å². The fourth-order valence-electron chi connectivity index (χ4n) is 3.77. The van der Waals surface area contributed by atoms with E-state index in [2.05, 4.69) is 10.1 Å². The molecule has 29 heavy (non-hydrogen) atoms. The fraction of sp³-hybridized carbons (Fsp3) is 0.500. The van der Waals surface area contributed by atoms with Gasteiger partial charge in [-0.3, -0.25) is 4.79 Å². The van der Waals surface area contributed by atoms with E-state index in [1.807, 2.05) is 29.2 Å². The van der Waals surface area contributed by atoms with E-state index in [-0.39, 0.29) is 5.91 Å². The minimum Gasteiger partial charge on any atom is -0.493 e. The van der Waals surface area contributed by atoms with Gasteiger partial charge in [0.2, 0.25) is 11.8 Å². The zero-order valence-corrected chi connectivity index (χ0v) is 17.0. The van der Waals surface area contributed by atoms with Crippen LogP contribution in [0.3, 0.4) is 0 Å². The highest BCUT2D eigenvalue weighted by atomic mass is 16.5. The summed E-state index contributed by atoms with van der Waals surface area (Å²) in [5.74, 6) is 3.74. The standard InChI is InChI=1S/C22H27N3O4/c1-27-18-9-5-15(12-19(18)28-2)6-10-21(26)25-11-3-4-16(14-25)13-20-23-22(24-29-20)17-7-8-17/h5-6,9-10,12,16-17H,3-4,7-8,11,13-14H2,1-2H3/b10-6-/t16-/m0/s1. The van der Waals surface area contributed by atoms with Crippen LogP contribution in [0, 0.1) is 5.92 Å². The third-order valence-corrected chi connectivity index (χ3v) is 5.55. The second-order valence-electron chi connectivity index (χ2n) is 7.76. The Hall–Kier alpha value is -2.83. The van der Waals surface area contributed by atoms with E-state index in [4.69, 9.17) is 14.0 Å². The number of carbonyl (C=O) groups excluding carboxylic acids is 1. The number of benzene rings is 1. The number of hydrogen-bond donors (Lipinski definition) is 0. The maximum atomic E-state index is 12.7. The van der Waals surface area contributed by atoms with Gasteiger partial charge in [0.25, 0.3) is 0 Å². The number of hydrogen-bond acceptors (Lipinski definition) is 6. The fourth-order valence-corrected chi connectivity index (χ4v) is 3.77. The number of rotatable bonds is 7. The average Bonchev–Trinajstić information content (AvgIpc) is 3.51. The zero-order valence-electron chi connectivity index (χ0n) is 17.0. The molecule has 1 aromatic heterocycles. The summed E-state index contributed by atoms with van der Waals surface area (Å²) in [6.45, 7) is 1.50. The molecule has 1 atom stereocenters. The van der Waals surface area contributed by atoms with Gasteiger partial charge in [0.15, 0.2) is 17.3 Å². The summed E-state index contributed by atoms with van der Waals surface area (Å²) in [6.07, 6.45) is 8.57. The van der Waals surface area contributed by atoms with Gasteiger partial charge in [0, 0.05) is 31.5 Å². The first-order valence-electron chi connectivity index (χ1n) is 10.2. The van der Waals surface area contributed by atoms with Crippen molar-refractivity contribution in [2.45, 2.75) is 38.0 Å². The summed E-state index contributed by atoms with van der Waals surface area (Å²) >= 11 is 0. The van der Waals surface area contributed by atoms with Crippen LogP contribution < -0.4 is 9.47 Å². The molecule has 1 aliphatic carbocycles. The molecule has 1 aliphatic heterocycles. The van der Waals surface area contributed by atoms with Crippen LogP contribution in [0.25, 0.3) is 6.08 Å². The van der Waals surface area contributed by atoms with E-state index in [0.29, 0.717) is 29.2 Å².